The van der Waals surface area contributed by atoms with E-state index in [4.69, 9.17) is 4.42 Å². The molecule has 17 heavy (non-hydrogen) atoms. The van der Waals surface area contributed by atoms with Crippen molar-refractivity contribution in [2.24, 2.45) is 0 Å². The van der Waals surface area contributed by atoms with E-state index in [1.165, 1.54) is 25.9 Å². The minimum atomic E-state index is 0.495. The van der Waals surface area contributed by atoms with Gasteiger partial charge in [0.05, 0.1) is 6.20 Å². The summed E-state index contributed by atoms with van der Waals surface area (Å²) < 4.78 is 5.97. The smallest absolute Gasteiger partial charge is 0.198 e. The van der Waals surface area contributed by atoms with Crippen molar-refractivity contribution in [3.8, 4) is 0 Å². The maximum atomic E-state index is 5.97. The third-order valence-electron chi connectivity index (χ3n) is 4.07. The van der Waals surface area contributed by atoms with Crippen molar-refractivity contribution in [3.05, 3.63) is 17.8 Å². The summed E-state index contributed by atoms with van der Waals surface area (Å²) in [5, 5.41) is 3.36. The van der Waals surface area contributed by atoms with Gasteiger partial charge in [-0.15, -0.1) is 0 Å². The number of aromatic nitrogens is 1. The number of nitrogens with zero attached hydrogens (tertiary/aromatic N) is 2. The summed E-state index contributed by atoms with van der Waals surface area (Å²) in [4.78, 5) is 6.86. The fourth-order valence-electron chi connectivity index (χ4n) is 2.84. The maximum absolute atomic E-state index is 5.97. The topological polar surface area (TPSA) is 41.3 Å². The first kappa shape index (κ1) is 11.2. The number of hydrogen-bond acceptors (Lipinski definition) is 4. The van der Waals surface area contributed by atoms with Gasteiger partial charge >= 0.3 is 0 Å². The minimum Gasteiger partial charge on any atom is -0.445 e. The zero-order valence-corrected chi connectivity index (χ0v) is 10.5. The SMILES string of the molecule is CN1CCC(c2cnc(C3CCNC3)o2)CC1. The van der Waals surface area contributed by atoms with E-state index in [-0.39, 0.29) is 0 Å². The van der Waals surface area contributed by atoms with Crippen LogP contribution in [0.1, 0.15) is 42.7 Å². The van der Waals surface area contributed by atoms with E-state index in [1.54, 1.807) is 0 Å². The molecule has 3 heterocycles. The zero-order valence-electron chi connectivity index (χ0n) is 10.5. The zero-order chi connectivity index (χ0) is 11.7. The lowest BCUT2D eigenvalue weighted by Gasteiger charge is -2.27. The second-order valence-electron chi connectivity index (χ2n) is 5.37. The van der Waals surface area contributed by atoms with Gasteiger partial charge in [0.2, 0.25) is 0 Å². The molecule has 1 aromatic heterocycles. The fraction of sp³-hybridized carbons (Fsp3) is 0.769. The summed E-state index contributed by atoms with van der Waals surface area (Å²) in [6.45, 7) is 4.46. The number of nitrogens with one attached hydrogen (secondary N) is 1. The highest BCUT2D eigenvalue weighted by Gasteiger charge is 2.25. The molecule has 2 saturated heterocycles. The lowest BCUT2D eigenvalue weighted by atomic mass is 9.95. The highest BCUT2D eigenvalue weighted by Crippen LogP contribution is 2.30. The van der Waals surface area contributed by atoms with Crippen LogP contribution >= 0.6 is 0 Å². The molecular weight excluding hydrogens is 214 g/mol. The molecule has 1 aromatic rings. The molecule has 0 amide bonds. The molecule has 0 radical (unpaired) electrons. The first-order valence-corrected chi connectivity index (χ1v) is 6.68. The van der Waals surface area contributed by atoms with Crippen molar-refractivity contribution in [1.82, 2.24) is 15.2 Å². The van der Waals surface area contributed by atoms with Crippen LogP contribution in [0.3, 0.4) is 0 Å². The summed E-state index contributed by atoms with van der Waals surface area (Å²) in [5.74, 6) is 3.14. The Morgan fingerprint density at radius 2 is 2.12 bits per heavy atom. The Kier molecular flexibility index (Phi) is 3.16. The lowest BCUT2D eigenvalue weighted by Crippen LogP contribution is -2.29. The van der Waals surface area contributed by atoms with E-state index in [0.29, 0.717) is 11.8 Å². The molecule has 0 saturated carbocycles. The van der Waals surface area contributed by atoms with Crippen molar-refractivity contribution < 1.29 is 4.42 Å². The monoisotopic (exact) mass is 235 g/mol. The first-order chi connectivity index (χ1) is 8.33. The Morgan fingerprint density at radius 1 is 1.29 bits per heavy atom. The number of piperidine rings is 1. The number of rotatable bonds is 2. The van der Waals surface area contributed by atoms with Crippen LogP contribution in [0.5, 0.6) is 0 Å². The average molecular weight is 235 g/mol. The van der Waals surface area contributed by atoms with Gasteiger partial charge in [-0.25, -0.2) is 4.98 Å². The van der Waals surface area contributed by atoms with Crippen molar-refractivity contribution in [2.75, 3.05) is 33.2 Å². The van der Waals surface area contributed by atoms with Crippen molar-refractivity contribution in [1.29, 1.82) is 0 Å². The molecule has 4 heteroatoms. The van der Waals surface area contributed by atoms with E-state index < -0.39 is 0 Å². The van der Waals surface area contributed by atoms with Crippen molar-refractivity contribution >= 4 is 0 Å². The van der Waals surface area contributed by atoms with Crippen LogP contribution in [0, 0.1) is 0 Å². The number of hydrogen-bond donors (Lipinski definition) is 1. The van der Waals surface area contributed by atoms with Gasteiger partial charge in [-0.3, -0.25) is 0 Å². The van der Waals surface area contributed by atoms with E-state index in [9.17, 15) is 0 Å². The Hall–Kier alpha value is -0.870. The summed E-state index contributed by atoms with van der Waals surface area (Å²) >= 11 is 0. The highest BCUT2D eigenvalue weighted by atomic mass is 16.4. The summed E-state index contributed by atoms with van der Waals surface area (Å²) in [6, 6.07) is 0. The minimum absolute atomic E-state index is 0.495. The van der Waals surface area contributed by atoms with Gasteiger partial charge in [0.1, 0.15) is 5.76 Å². The average Bonchev–Trinajstić information content (AvgIpc) is 3.00. The number of likely N-dealkylation sites (tertiary alicyclic amines) is 1. The standard InChI is InChI=1S/C13H21N3O/c1-16-6-3-10(4-7-16)12-9-15-13(17-12)11-2-5-14-8-11/h9-11,14H,2-8H2,1H3. The molecular formula is C13H21N3O. The van der Waals surface area contributed by atoms with E-state index in [1.807, 2.05) is 6.20 Å². The van der Waals surface area contributed by atoms with E-state index >= 15 is 0 Å². The lowest BCUT2D eigenvalue weighted by molar-refractivity contribution is 0.238. The summed E-state index contributed by atoms with van der Waals surface area (Å²) in [7, 11) is 2.19. The molecule has 0 aliphatic carbocycles. The van der Waals surface area contributed by atoms with Crippen LogP contribution in [-0.4, -0.2) is 43.1 Å². The fourth-order valence-corrected chi connectivity index (χ4v) is 2.84. The summed E-state index contributed by atoms with van der Waals surface area (Å²) in [5.41, 5.74) is 0. The van der Waals surface area contributed by atoms with Crippen LogP contribution in [0.2, 0.25) is 0 Å². The molecule has 0 bridgehead atoms. The van der Waals surface area contributed by atoms with Crippen LogP contribution in [-0.2, 0) is 0 Å². The van der Waals surface area contributed by atoms with Gasteiger partial charge < -0.3 is 14.6 Å². The normalized spacial score (nSPS) is 27.7. The van der Waals surface area contributed by atoms with Gasteiger partial charge in [-0.1, -0.05) is 0 Å². The second kappa shape index (κ2) is 4.78. The van der Waals surface area contributed by atoms with Crippen molar-refractivity contribution in [3.63, 3.8) is 0 Å². The molecule has 0 spiro atoms. The molecule has 4 nitrogen and oxygen atoms in total. The third-order valence-corrected chi connectivity index (χ3v) is 4.07. The predicted octanol–water partition coefficient (Wildman–Crippen LogP) is 1.56. The van der Waals surface area contributed by atoms with E-state index in [0.717, 1.165) is 31.2 Å². The Morgan fingerprint density at radius 3 is 2.82 bits per heavy atom. The molecule has 1 N–H and O–H groups in total. The van der Waals surface area contributed by atoms with Crippen LogP contribution in [0.4, 0.5) is 0 Å². The van der Waals surface area contributed by atoms with Gasteiger partial charge in [0.15, 0.2) is 5.89 Å². The molecule has 0 aromatic carbocycles. The molecule has 3 rings (SSSR count). The third kappa shape index (κ3) is 2.38. The highest BCUT2D eigenvalue weighted by molar-refractivity contribution is 5.07. The van der Waals surface area contributed by atoms with Gasteiger partial charge in [0, 0.05) is 18.4 Å². The second-order valence-corrected chi connectivity index (χ2v) is 5.37. The quantitative estimate of drug-likeness (QED) is 0.844. The Bertz CT molecular complexity index is 362. The van der Waals surface area contributed by atoms with E-state index in [2.05, 4.69) is 22.2 Å². The Labute approximate surface area is 102 Å². The molecule has 1 atom stereocenters. The maximum Gasteiger partial charge on any atom is 0.198 e. The van der Waals surface area contributed by atoms with Crippen LogP contribution in [0.25, 0.3) is 0 Å². The molecule has 2 fully saturated rings. The van der Waals surface area contributed by atoms with Gasteiger partial charge in [0.25, 0.3) is 0 Å². The largest absolute Gasteiger partial charge is 0.445 e. The predicted molar refractivity (Wildman–Crippen MR) is 66.2 cm³/mol. The van der Waals surface area contributed by atoms with Crippen LogP contribution < -0.4 is 5.32 Å². The molecule has 2 aliphatic heterocycles. The van der Waals surface area contributed by atoms with Crippen LogP contribution in [0.15, 0.2) is 10.6 Å². The van der Waals surface area contributed by atoms with Crippen molar-refractivity contribution in [2.45, 2.75) is 31.1 Å². The molecule has 94 valence electrons. The number of oxazole rings is 1. The molecule has 1 unspecified atom stereocenters. The van der Waals surface area contributed by atoms with Gasteiger partial charge in [-0.2, -0.15) is 0 Å². The summed E-state index contributed by atoms with van der Waals surface area (Å²) in [6.07, 6.45) is 5.53. The molecule has 2 aliphatic rings. The van der Waals surface area contributed by atoms with Gasteiger partial charge in [-0.05, 0) is 45.9 Å². The Balaban J connectivity index is 1.67. The first-order valence-electron chi connectivity index (χ1n) is 6.68.